The van der Waals surface area contributed by atoms with Crippen LogP contribution in [-0.4, -0.2) is 12.3 Å². The second kappa shape index (κ2) is 6.41. The van der Waals surface area contributed by atoms with E-state index >= 15 is 0 Å². The van der Waals surface area contributed by atoms with Crippen LogP contribution >= 0.6 is 32.9 Å². The van der Waals surface area contributed by atoms with Gasteiger partial charge in [-0.2, -0.15) is 0 Å². The molecule has 1 aliphatic rings. The number of aryl methyl sites for hydroxylation is 1. The van der Waals surface area contributed by atoms with Gasteiger partial charge in [-0.05, 0) is 32.9 Å². The SMILES string of the molecule is Cc1ccc2c(c1)-c1c(ssc1=S)C(C)(C)N2CC(=O)c1ccccc1. The molecule has 0 N–H and O–H groups in total. The lowest BCUT2D eigenvalue weighted by Crippen LogP contribution is -2.46. The number of fused-ring (bicyclic) bond motifs is 3. The number of anilines is 1. The summed E-state index contributed by atoms with van der Waals surface area (Å²) in [7, 11) is 3.39. The monoisotopic (exact) mass is 397 g/mol. The van der Waals surface area contributed by atoms with Crippen molar-refractivity contribution in [2.24, 2.45) is 0 Å². The first kappa shape index (κ1) is 17.6. The second-order valence-electron chi connectivity index (χ2n) is 7.11. The number of hydrogen-bond donors (Lipinski definition) is 0. The molecule has 0 unspecified atom stereocenters. The van der Waals surface area contributed by atoms with Crippen LogP contribution in [-0.2, 0) is 5.54 Å². The van der Waals surface area contributed by atoms with Crippen molar-refractivity contribution < 1.29 is 4.79 Å². The summed E-state index contributed by atoms with van der Waals surface area (Å²) in [6.07, 6.45) is 0. The van der Waals surface area contributed by atoms with Crippen molar-refractivity contribution in [1.82, 2.24) is 0 Å². The lowest BCUT2D eigenvalue weighted by Gasteiger charge is -2.44. The van der Waals surface area contributed by atoms with Crippen LogP contribution in [0.5, 0.6) is 0 Å². The Hall–Kier alpha value is -1.82. The highest BCUT2D eigenvalue weighted by Gasteiger charge is 2.40. The molecular formula is C21H19NOS3. The Morgan fingerprint density at radius 2 is 1.85 bits per heavy atom. The molecule has 0 saturated carbocycles. The average molecular weight is 398 g/mol. The van der Waals surface area contributed by atoms with Gasteiger partial charge in [0.05, 0.1) is 17.0 Å². The van der Waals surface area contributed by atoms with Crippen molar-refractivity contribution >= 4 is 44.4 Å². The molecule has 1 aliphatic heterocycles. The minimum atomic E-state index is -0.278. The third kappa shape index (κ3) is 2.75. The van der Waals surface area contributed by atoms with E-state index in [1.54, 1.807) is 20.7 Å². The predicted molar refractivity (Wildman–Crippen MR) is 114 cm³/mol. The fraction of sp³-hybridized carbons (Fsp3) is 0.238. The van der Waals surface area contributed by atoms with Crippen LogP contribution in [0, 0.1) is 10.7 Å². The molecule has 132 valence electrons. The van der Waals surface area contributed by atoms with Gasteiger partial charge in [-0.25, -0.2) is 0 Å². The third-order valence-corrected chi connectivity index (χ3v) is 8.30. The standard InChI is InChI=1S/C21H19NOS3/c1-13-9-10-16-15(11-13)18-19(25-26-20(18)24)21(2,3)22(16)12-17(23)14-7-5-4-6-8-14/h4-11H,12H2,1-3H3. The van der Waals surface area contributed by atoms with E-state index in [1.807, 2.05) is 30.3 Å². The topological polar surface area (TPSA) is 20.3 Å². The summed E-state index contributed by atoms with van der Waals surface area (Å²) in [5, 5.41) is 0. The molecule has 0 spiro atoms. The first-order valence-corrected chi connectivity index (χ1v) is 11.1. The van der Waals surface area contributed by atoms with Crippen LogP contribution in [0.25, 0.3) is 11.1 Å². The average Bonchev–Trinajstić information content (AvgIpc) is 3.02. The third-order valence-electron chi connectivity index (χ3n) is 4.97. The van der Waals surface area contributed by atoms with E-state index in [1.165, 1.54) is 16.0 Å². The summed E-state index contributed by atoms with van der Waals surface area (Å²) in [6, 6.07) is 16.0. The van der Waals surface area contributed by atoms with Crippen LogP contribution in [0.3, 0.4) is 0 Å². The Morgan fingerprint density at radius 1 is 1.12 bits per heavy atom. The molecule has 0 aliphatic carbocycles. The molecular weight excluding hydrogens is 378 g/mol. The van der Waals surface area contributed by atoms with Crippen LogP contribution in [0.15, 0.2) is 48.5 Å². The molecule has 26 heavy (non-hydrogen) atoms. The molecule has 4 rings (SSSR count). The van der Waals surface area contributed by atoms with E-state index in [2.05, 4.69) is 43.9 Å². The van der Waals surface area contributed by atoms with Gasteiger partial charge in [-0.3, -0.25) is 4.79 Å². The van der Waals surface area contributed by atoms with Crippen LogP contribution in [0.4, 0.5) is 5.69 Å². The fourth-order valence-electron chi connectivity index (χ4n) is 3.55. The molecule has 0 bridgehead atoms. The Balaban J connectivity index is 1.85. The van der Waals surface area contributed by atoms with Crippen molar-refractivity contribution in [2.45, 2.75) is 26.3 Å². The van der Waals surface area contributed by atoms with E-state index in [0.717, 1.165) is 20.6 Å². The van der Waals surface area contributed by atoms with Crippen molar-refractivity contribution in [3.8, 4) is 11.1 Å². The lowest BCUT2D eigenvalue weighted by molar-refractivity contribution is 0.0993. The van der Waals surface area contributed by atoms with Gasteiger partial charge in [-0.1, -0.05) is 74.9 Å². The Morgan fingerprint density at radius 3 is 2.58 bits per heavy atom. The van der Waals surface area contributed by atoms with E-state index in [-0.39, 0.29) is 11.3 Å². The molecule has 1 aromatic heterocycles. The first-order chi connectivity index (χ1) is 12.4. The van der Waals surface area contributed by atoms with Gasteiger partial charge in [0.15, 0.2) is 5.78 Å². The molecule has 2 heterocycles. The minimum Gasteiger partial charge on any atom is -0.353 e. The van der Waals surface area contributed by atoms with Gasteiger partial charge in [0.2, 0.25) is 0 Å². The largest absolute Gasteiger partial charge is 0.353 e. The lowest BCUT2D eigenvalue weighted by atomic mass is 9.86. The van der Waals surface area contributed by atoms with Crippen molar-refractivity contribution in [3.05, 3.63) is 68.4 Å². The van der Waals surface area contributed by atoms with Crippen molar-refractivity contribution in [2.75, 3.05) is 11.4 Å². The Bertz CT molecular complexity index is 1050. The number of nitrogens with zero attached hydrogens (tertiary/aromatic N) is 1. The summed E-state index contributed by atoms with van der Waals surface area (Å²) in [6.45, 7) is 6.82. The first-order valence-electron chi connectivity index (χ1n) is 8.50. The number of rotatable bonds is 3. The number of hydrogen-bond acceptors (Lipinski definition) is 5. The number of carbonyl (C=O) groups is 1. The minimum absolute atomic E-state index is 0.132. The zero-order chi connectivity index (χ0) is 18.5. The zero-order valence-electron chi connectivity index (χ0n) is 14.9. The summed E-state index contributed by atoms with van der Waals surface area (Å²) < 4.78 is 0.943. The zero-order valence-corrected chi connectivity index (χ0v) is 17.4. The second-order valence-corrected chi connectivity index (χ2v) is 9.93. The summed E-state index contributed by atoms with van der Waals surface area (Å²) >= 11 is 5.64. The maximum absolute atomic E-state index is 12.9. The normalized spacial score (nSPS) is 14.7. The molecule has 0 fully saturated rings. The molecule has 2 aromatic carbocycles. The van der Waals surface area contributed by atoms with Gasteiger partial charge in [0.1, 0.15) is 3.82 Å². The smallest absolute Gasteiger partial charge is 0.182 e. The molecule has 0 saturated heterocycles. The van der Waals surface area contributed by atoms with E-state index < -0.39 is 0 Å². The quantitative estimate of drug-likeness (QED) is 0.288. The maximum Gasteiger partial charge on any atom is 0.182 e. The summed E-state index contributed by atoms with van der Waals surface area (Å²) in [5.74, 6) is 0.132. The van der Waals surface area contributed by atoms with E-state index in [0.29, 0.717) is 6.54 Å². The number of carbonyl (C=O) groups excluding carboxylic acids is 1. The number of Topliss-reactive ketones (excluding diaryl/α,β-unsaturated/α-hetero) is 1. The maximum atomic E-state index is 12.9. The van der Waals surface area contributed by atoms with Crippen molar-refractivity contribution in [1.29, 1.82) is 0 Å². The van der Waals surface area contributed by atoms with Crippen molar-refractivity contribution in [3.63, 3.8) is 0 Å². The molecule has 0 radical (unpaired) electrons. The van der Waals surface area contributed by atoms with E-state index in [4.69, 9.17) is 12.2 Å². The van der Waals surface area contributed by atoms with Gasteiger partial charge >= 0.3 is 0 Å². The summed E-state index contributed by atoms with van der Waals surface area (Å²) in [5.41, 5.74) is 5.11. The van der Waals surface area contributed by atoms with Crippen LogP contribution in [0.2, 0.25) is 0 Å². The Kier molecular flexibility index (Phi) is 4.34. The molecule has 5 heteroatoms. The fourth-order valence-corrected chi connectivity index (χ4v) is 6.85. The van der Waals surface area contributed by atoms with Gasteiger partial charge in [0.25, 0.3) is 0 Å². The highest BCUT2D eigenvalue weighted by atomic mass is 32.9. The highest BCUT2D eigenvalue weighted by molar-refractivity contribution is 7.80. The highest BCUT2D eigenvalue weighted by Crippen LogP contribution is 2.52. The van der Waals surface area contributed by atoms with Crippen LogP contribution < -0.4 is 4.90 Å². The summed E-state index contributed by atoms with van der Waals surface area (Å²) in [4.78, 5) is 16.4. The Labute approximate surface area is 166 Å². The molecule has 3 aromatic rings. The van der Waals surface area contributed by atoms with E-state index in [9.17, 15) is 4.79 Å². The molecule has 0 atom stereocenters. The number of benzene rings is 2. The predicted octanol–water partition coefficient (Wildman–Crippen LogP) is 6.45. The molecule has 2 nitrogen and oxygen atoms in total. The van der Waals surface area contributed by atoms with Gasteiger partial charge in [0, 0.05) is 22.4 Å². The van der Waals surface area contributed by atoms with Gasteiger partial charge in [-0.15, -0.1) is 0 Å². The van der Waals surface area contributed by atoms with Gasteiger partial charge < -0.3 is 4.90 Å². The number of ketones is 1. The molecule has 0 amide bonds. The van der Waals surface area contributed by atoms with Crippen LogP contribution in [0.1, 0.15) is 34.6 Å².